The number of nitrogens with two attached hydrogens (primary N) is 1. The van der Waals surface area contributed by atoms with Crippen LogP contribution in [0.1, 0.15) is 16.6 Å². The van der Waals surface area contributed by atoms with Crippen molar-refractivity contribution in [3.8, 4) is 0 Å². The number of thioether (sulfide) groups is 1. The lowest BCUT2D eigenvalue weighted by atomic mass is 10.3. The molecule has 2 rings (SSSR count). The second kappa shape index (κ2) is 3.52. The standard InChI is InChI=1S/C8H8N2OS3/c1-3(11)6-5(9)4-7(13-6)10-14-8(4)12-2/h9H2,1-2H3. The van der Waals surface area contributed by atoms with Crippen LogP contribution in [-0.2, 0) is 0 Å². The molecule has 0 unspecified atom stereocenters. The lowest BCUT2D eigenvalue weighted by molar-refractivity contribution is 0.102. The molecule has 2 aromatic heterocycles. The maximum absolute atomic E-state index is 11.2. The molecule has 0 aliphatic heterocycles. The number of carbonyl (C=O) groups is 1. The van der Waals surface area contributed by atoms with Gasteiger partial charge in [0.05, 0.1) is 20.2 Å². The Hall–Kier alpha value is -0.590. The highest BCUT2D eigenvalue weighted by Gasteiger charge is 2.18. The fraction of sp³-hybridized carbons (Fsp3) is 0.250. The molecule has 0 spiro atoms. The van der Waals surface area contributed by atoms with Crippen LogP contribution in [0.25, 0.3) is 10.2 Å². The zero-order valence-electron chi connectivity index (χ0n) is 7.66. The zero-order valence-corrected chi connectivity index (χ0v) is 10.1. The Labute approximate surface area is 93.5 Å². The number of thiophene rings is 1. The second-order valence-electron chi connectivity index (χ2n) is 2.76. The molecule has 2 heterocycles. The van der Waals surface area contributed by atoms with Crippen LogP contribution >= 0.6 is 34.6 Å². The summed E-state index contributed by atoms with van der Waals surface area (Å²) in [5.41, 5.74) is 6.50. The van der Waals surface area contributed by atoms with Crippen LogP contribution in [0.3, 0.4) is 0 Å². The van der Waals surface area contributed by atoms with Gasteiger partial charge in [0.1, 0.15) is 4.83 Å². The van der Waals surface area contributed by atoms with Gasteiger partial charge in [0, 0.05) is 6.92 Å². The molecule has 6 heteroatoms. The molecule has 2 aromatic rings. The molecule has 0 radical (unpaired) electrons. The van der Waals surface area contributed by atoms with Gasteiger partial charge in [0.15, 0.2) is 5.78 Å². The summed E-state index contributed by atoms with van der Waals surface area (Å²) in [6, 6.07) is 0. The summed E-state index contributed by atoms with van der Waals surface area (Å²) in [5.74, 6) is 0.0163. The average Bonchev–Trinajstić information content (AvgIpc) is 2.66. The van der Waals surface area contributed by atoms with E-state index >= 15 is 0 Å². The molecule has 2 N–H and O–H groups in total. The van der Waals surface area contributed by atoms with Gasteiger partial charge in [0.2, 0.25) is 0 Å². The minimum Gasteiger partial charge on any atom is -0.397 e. The maximum atomic E-state index is 11.2. The highest BCUT2D eigenvalue weighted by Crippen LogP contribution is 2.41. The van der Waals surface area contributed by atoms with E-state index in [1.54, 1.807) is 11.8 Å². The highest BCUT2D eigenvalue weighted by molar-refractivity contribution is 8.00. The molecular formula is C8H8N2OS3. The van der Waals surface area contributed by atoms with Gasteiger partial charge >= 0.3 is 0 Å². The van der Waals surface area contributed by atoms with E-state index in [1.165, 1.54) is 29.8 Å². The van der Waals surface area contributed by atoms with Gasteiger partial charge in [0.25, 0.3) is 0 Å². The molecule has 74 valence electrons. The quantitative estimate of drug-likeness (QED) is 0.652. The van der Waals surface area contributed by atoms with Crippen molar-refractivity contribution >= 4 is 56.3 Å². The van der Waals surface area contributed by atoms with E-state index in [9.17, 15) is 4.79 Å². The van der Waals surface area contributed by atoms with Crippen LogP contribution in [0.4, 0.5) is 5.69 Å². The molecule has 0 aliphatic carbocycles. The lowest BCUT2D eigenvalue weighted by Crippen LogP contribution is -1.93. The Bertz CT molecular complexity index is 500. The fourth-order valence-electron chi connectivity index (χ4n) is 1.22. The molecule has 0 aromatic carbocycles. The number of anilines is 1. The molecule has 0 amide bonds. The molecule has 0 aliphatic rings. The average molecular weight is 244 g/mol. The number of aromatic nitrogens is 1. The molecule has 0 fully saturated rings. The van der Waals surface area contributed by atoms with Crippen LogP contribution < -0.4 is 5.73 Å². The summed E-state index contributed by atoms with van der Waals surface area (Å²) < 4.78 is 5.34. The van der Waals surface area contributed by atoms with Gasteiger partial charge in [-0.25, -0.2) is 0 Å². The van der Waals surface area contributed by atoms with Crippen molar-refractivity contribution in [2.45, 2.75) is 11.1 Å². The molecule has 3 nitrogen and oxygen atoms in total. The third kappa shape index (κ3) is 1.34. The minimum absolute atomic E-state index is 0.0163. The maximum Gasteiger partial charge on any atom is 0.171 e. The second-order valence-corrected chi connectivity index (χ2v) is 5.60. The van der Waals surface area contributed by atoms with E-state index in [0.29, 0.717) is 10.6 Å². The number of ketones is 1. The van der Waals surface area contributed by atoms with Crippen LogP contribution in [0.5, 0.6) is 0 Å². The van der Waals surface area contributed by atoms with Crippen molar-refractivity contribution < 1.29 is 4.79 Å². The summed E-state index contributed by atoms with van der Waals surface area (Å²) in [5, 5.41) is 0.956. The van der Waals surface area contributed by atoms with E-state index in [4.69, 9.17) is 5.73 Å². The number of fused-ring (bicyclic) bond motifs is 1. The number of hydrogen-bond acceptors (Lipinski definition) is 6. The summed E-state index contributed by atoms with van der Waals surface area (Å²) in [6.45, 7) is 1.53. The number of nitrogen functional groups attached to an aromatic ring is 1. The van der Waals surface area contributed by atoms with Crippen molar-refractivity contribution in [1.29, 1.82) is 0 Å². The fourth-order valence-corrected chi connectivity index (χ4v) is 3.85. The van der Waals surface area contributed by atoms with Crippen molar-refractivity contribution in [2.75, 3.05) is 12.0 Å². The molecule has 0 bridgehead atoms. The van der Waals surface area contributed by atoms with Crippen LogP contribution in [-0.4, -0.2) is 16.4 Å². The van der Waals surface area contributed by atoms with Gasteiger partial charge in [-0.05, 0) is 17.8 Å². The Morgan fingerprint density at radius 3 is 2.86 bits per heavy atom. The minimum atomic E-state index is 0.0163. The Kier molecular flexibility index (Phi) is 2.50. The Morgan fingerprint density at radius 1 is 1.57 bits per heavy atom. The van der Waals surface area contributed by atoms with Crippen molar-refractivity contribution in [3.63, 3.8) is 0 Å². The predicted molar refractivity (Wildman–Crippen MR) is 63.7 cm³/mol. The van der Waals surface area contributed by atoms with E-state index in [2.05, 4.69) is 4.37 Å². The smallest absolute Gasteiger partial charge is 0.171 e. The zero-order chi connectivity index (χ0) is 10.3. The van der Waals surface area contributed by atoms with Crippen molar-refractivity contribution in [2.24, 2.45) is 0 Å². The summed E-state index contributed by atoms with van der Waals surface area (Å²) in [6.07, 6.45) is 1.98. The van der Waals surface area contributed by atoms with Gasteiger partial charge in [-0.3, -0.25) is 4.79 Å². The first kappa shape index (κ1) is 9.95. The first-order valence-electron chi connectivity index (χ1n) is 3.87. The molecule has 14 heavy (non-hydrogen) atoms. The third-order valence-corrected chi connectivity index (χ3v) is 5.11. The Morgan fingerprint density at radius 2 is 2.29 bits per heavy atom. The molecule has 0 saturated heterocycles. The van der Waals surface area contributed by atoms with Gasteiger partial charge in [-0.2, -0.15) is 4.37 Å². The van der Waals surface area contributed by atoms with Crippen molar-refractivity contribution in [3.05, 3.63) is 4.88 Å². The molecular weight excluding hydrogens is 236 g/mol. The number of rotatable bonds is 2. The van der Waals surface area contributed by atoms with Gasteiger partial charge in [-0.15, -0.1) is 23.1 Å². The topological polar surface area (TPSA) is 56.0 Å². The van der Waals surface area contributed by atoms with Crippen LogP contribution in [0.15, 0.2) is 4.21 Å². The van der Waals surface area contributed by atoms with Crippen molar-refractivity contribution in [1.82, 2.24) is 4.37 Å². The van der Waals surface area contributed by atoms with Gasteiger partial charge in [-0.1, -0.05) is 0 Å². The SMILES string of the molecule is CSc1snc2sc(C(C)=O)c(N)c12. The van der Waals surface area contributed by atoms with Crippen LogP contribution in [0.2, 0.25) is 0 Å². The van der Waals surface area contributed by atoms with E-state index in [0.717, 1.165) is 14.4 Å². The number of Topliss-reactive ketones (excluding diaryl/α,β-unsaturated/α-hetero) is 1. The van der Waals surface area contributed by atoms with Crippen LogP contribution in [0, 0.1) is 0 Å². The molecule has 0 saturated carbocycles. The largest absolute Gasteiger partial charge is 0.397 e. The third-order valence-electron chi connectivity index (χ3n) is 1.85. The van der Waals surface area contributed by atoms with Gasteiger partial charge < -0.3 is 5.73 Å². The van der Waals surface area contributed by atoms with E-state index in [-0.39, 0.29) is 5.78 Å². The predicted octanol–water partition coefficient (Wildman–Crippen LogP) is 2.86. The first-order chi connectivity index (χ1) is 6.65. The summed E-state index contributed by atoms with van der Waals surface area (Å²) >= 11 is 4.43. The van der Waals surface area contributed by atoms with E-state index < -0.39 is 0 Å². The lowest BCUT2D eigenvalue weighted by Gasteiger charge is -1.93. The normalized spacial score (nSPS) is 11.0. The number of hydrogen-bond donors (Lipinski definition) is 1. The monoisotopic (exact) mass is 244 g/mol. The summed E-state index contributed by atoms with van der Waals surface area (Å²) in [7, 11) is 0. The Balaban J connectivity index is 2.75. The number of carbonyl (C=O) groups excluding carboxylic acids is 1. The van der Waals surface area contributed by atoms with E-state index in [1.807, 2.05) is 6.26 Å². The first-order valence-corrected chi connectivity index (χ1v) is 6.69. The summed E-state index contributed by atoms with van der Waals surface area (Å²) in [4.78, 5) is 12.7. The molecule has 0 atom stereocenters. The number of nitrogens with zero attached hydrogens (tertiary/aromatic N) is 1. The highest BCUT2D eigenvalue weighted by atomic mass is 32.2.